The average molecular weight is 298 g/mol. The molecule has 8 heteroatoms. The van der Waals surface area contributed by atoms with Gasteiger partial charge in [0.2, 0.25) is 0 Å². The smallest absolute Gasteiger partial charge is 0.262 e. The molecule has 2 rings (SSSR count). The van der Waals surface area contributed by atoms with Crippen LogP contribution in [-0.2, 0) is 23.6 Å². The van der Waals surface area contributed by atoms with Crippen LogP contribution in [-0.4, -0.2) is 25.2 Å². The number of nitrogens with one attached hydrogen (secondary N) is 2. The van der Waals surface area contributed by atoms with E-state index in [1.165, 1.54) is 29.2 Å². The van der Waals surface area contributed by atoms with Crippen molar-refractivity contribution in [3.05, 3.63) is 42.0 Å². The second-order valence-corrected chi connectivity index (χ2v) is 5.97. The van der Waals surface area contributed by atoms with Crippen LogP contribution in [0.2, 0.25) is 0 Å². The van der Waals surface area contributed by atoms with Gasteiger partial charge in [0.1, 0.15) is 5.82 Å². The summed E-state index contributed by atoms with van der Waals surface area (Å²) in [7, 11) is -0.413. The molecule has 0 atom stereocenters. The fraction of sp³-hybridized carbons (Fsp3) is 0.250. The van der Waals surface area contributed by atoms with Crippen molar-refractivity contribution >= 4 is 15.7 Å². The van der Waals surface area contributed by atoms with Crippen LogP contribution in [0.25, 0.3) is 0 Å². The van der Waals surface area contributed by atoms with E-state index in [1.54, 1.807) is 14.1 Å². The lowest BCUT2D eigenvalue weighted by atomic mass is 10.2. The van der Waals surface area contributed by atoms with Gasteiger partial charge < -0.3 is 5.32 Å². The molecule has 2 N–H and O–H groups in total. The summed E-state index contributed by atoms with van der Waals surface area (Å²) in [5, 5.41) is 6.66. The summed E-state index contributed by atoms with van der Waals surface area (Å²) in [6, 6.07) is 3.68. The van der Waals surface area contributed by atoms with Gasteiger partial charge in [-0.1, -0.05) is 0 Å². The van der Waals surface area contributed by atoms with Gasteiger partial charge in [-0.3, -0.25) is 9.40 Å². The Balaban J connectivity index is 2.31. The number of nitrogens with zero attached hydrogens (tertiary/aromatic N) is 2. The van der Waals surface area contributed by atoms with E-state index >= 15 is 0 Å². The Hall–Kier alpha value is -1.93. The molecule has 0 bridgehead atoms. The number of aromatic nitrogens is 2. The first-order valence-electron chi connectivity index (χ1n) is 5.87. The highest BCUT2D eigenvalue weighted by molar-refractivity contribution is 7.92. The number of rotatable bonds is 5. The largest absolute Gasteiger partial charge is 0.316 e. The molecule has 1 aromatic carbocycles. The molecule has 1 heterocycles. The fourth-order valence-corrected chi connectivity index (χ4v) is 2.81. The van der Waals surface area contributed by atoms with Crippen LogP contribution < -0.4 is 10.0 Å². The Morgan fingerprint density at radius 2 is 2.15 bits per heavy atom. The normalized spacial score (nSPS) is 11.6. The van der Waals surface area contributed by atoms with Crippen LogP contribution in [0.5, 0.6) is 0 Å². The van der Waals surface area contributed by atoms with E-state index in [2.05, 4.69) is 15.1 Å². The van der Waals surface area contributed by atoms with Crippen molar-refractivity contribution in [2.75, 3.05) is 11.8 Å². The lowest BCUT2D eigenvalue weighted by Gasteiger charge is -2.08. The van der Waals surface area contributed by atoms with Gasteiger partial charge in [0.05, 0.1) is 16.8 Å². The molecule has 0 radical (unpaired) electrons. The molecule has 2 aromatic rings. The highest BCUT2D eigenvalue weighted by Crippen LogP contribution is 2.18. The molecular formula is C12H15FN4O2S. The topological polar surface area (TPSA) is 76.0 Å². The summed E-state index contributed by atoms with van der Waals surface area (Å²) in [4.78, 5) is 0.00741. The number of benzene rings is 1. The molecule has 1 aromatic heterocycles. The minimum Gasteiger partial charge on any atom is -0.316 e. The van der Waals surface area contributed by atoms with Gasteiger partial charge in [0, 0.05) is 25.4 Å². The zero-order chi connectivity index (χ0) is 14.8. The van der Waals surface area contributed by atoms with Gasteiger partial charge in [-0.05, 0) is 25.2 Å². The van der Waals surface area contributed by atoms with E-state index in [0.717, 1.165) is 6.07 Å². The summed E-state index contributed by atoms with van der Waals surface area (Å²) in [6.45, 7) is 0.252. The summed E-state index contributed by atoms with van der Waals surface area (Å²) >= 11 is 0. The van der Waals surface area contributed by atoms with Crippen molar-refractivity contribution in [3.8, 4) is 0 Å². The van der Waals surface area contributed by atoms with Crippen molar-refractivity contribution in [3.63, 3.8) is 0 Å². The summed E-state index contributed by atoms with van der Waals surface area (Å²) in [5.41, 5.74) is 0.647. The molecule has 20 heavy (non-hydrogen) atoms. The number of anilines is 1. The van der Waals surface area contributed by atoms with Crippen molar-refractivity contribution in [1.29, 1.82) is 0 Å². The maximum atomic E-state index is 13.5. The number of aryl methyl sites for hydroxylation is 1. The Bertz CT molecular complexity index is 712. The predicted octanol–water partition coefficient (Wildman–Crippen LogP) is 1.08. The van der Waals surface area contributed by atoms with E-state index < -0.39 is 15.8 Å². The lowest BCUT2D eigenvalue weighted by molar-refractivity contribution is 0.592. The number of hydrogen-bond acceptors (Lipinski definition) is 4. The van der Waals surface area contributed by atoms with Gasteiger partial charge in [0.15, 0.2) is 0 Å². The van der Waals surface area contributed by atoms with E-state index in [9.17, 15) is 12.8 Å². The quantitative estimate of drug-likeness (QED) is 0.866. The fourth-order valence-electron chi connectivity index (χ4n) is 1.73. The van der Waals surface area contributed by atoms with E-state index in [0.29, 0.717) is 11.3 Å². The van der Waals surface area contributed by atoms with E-state index in [4.69, 9.17) is 0 Å². The van der Waals surface area contributed by atoms with Crippen molar-refractivity contribution in [2.24, 2.45) is 7.05 Å². The Labute approximate surface area is 116 Å². The molecule has 6 nitrogen and oxygen atoms in total. The zero-order valence-corrected chi connectivity index (χ0v) is 11.9. The van der Waals surface area contributed by atoms with Gasteiger partial charge in [0.25, 0.3) is 10.0 Å². The van der Waals surface area contributed by atoms with Gasteiger partial charge in [-0.15, -0.1) is 0 Å². The molecule has 0 aliphatic carbocycles. The highest BCUT2D eigenvalue weighted by atomic mass is 32.2. The lowest BCUT2D eigenvalue weighted by Crippen LogP contribution is -2.14. The third kappa shape index (κ3) is 3.14. The molecule has 0 saturated carbocycles. The second-order valence-electron chi connectivity index (χ2n) is 4.29. The Kier molecular flexibility index (Phi) is 4.05. The van der Waals surface area contributed by atoms with Crippen molar-refractivity contribution in [2.45, 2.75) is 11.4 Å². The summed E-state index contributed by atoms with van der Waals surface area (Å²) in [5.74, 6) is -0.445. The predicted molar refractivity (Wildman–Crippen MR) is 73.2 cm³/mol. The molecule has 0 aliphatic rings. The van der Waals surface area contributed by atoms with E-state index in [1.807, 2.05) is 0 Å². The number of halogens is 1. The second kappa shape index (κ2) is 5.59. The highest BCUT2D eigenvalue weighted by Gasteiger charge is 2.17. The molecule has 0 amide bonds. The maximum absolute atomic E-state index is 13.5. The molecule has 108 valence electrons. The molecular weight excluding hydrogens is 283 g/mol. The average Bonchev–Trinajstić information content (AvgIpc) is 2.77. The van der Waals surface area contributed by atoms with Crippen LogP contribution in [0.4, 0.5) is 10.1 Å². The minimum absolute atomic E-state index is 0.00741. The first-order chi connectivity index (χ1) is 9.42. The standard InChI is InChI=1S/C12H15FN4O2S/c1-14-6-9-5-11(3-4-12(9)13)20(18,19)16-10-7-15-17(2)8-10/h3-5,7-8,14,16H,6H2,1-2H3. The first kappa shape index (κ1) is 14.5. The molecule has 0 saturated heterocycles. The minimum atomic E-state index is -3.76. The van der Waals surface area contributed by atoms with Crippen LogP contribution in [0.1, 0.15) is 5.56 Å². The van der Waals surface area contributed by atoms with Crippen LogP contribution in [0.15, 0.2) is 35.5 Å². The summed E-state index contributed by atoms with van der Waals surface area (Å²) < 4.78 is 41.8. The van der Waals surface area contributed by atoms with Gasteiger partial charge in [-0.2, -0.15) is 5.10 Å². The van der Waals surface area contributed by atoms with Gasteiger partial charge >= 0.3 is 0 Å². The van der Waals surface area contributed by atoms with E-state index in [-0.39, 0.29) is 11.4 Å². The molecule has 0 spiro atoms. The summed E-state index contributed by atoms with van der Waals surface area (Å²) in [6.07, 6.45) is 2.94. The third-order valence-corrected chi connectivity index (χ3v) is 4.03. The van der Waals surface area contributed by atoms with Crippen LogP contribution in [0, 0.1) is 5.82 Å². The Morgan fingerprint density at radius 1 is 1.40 bits per heavy atom. The monoisotopic (exact) mass is 298 g/mol. The van der Waals surface area contributed by atoms with Crippen molar-refractivity contribution < 1.29 is 12.8 Å². The molecule has 0 fully saturated rings. The van der Waals surface area contributed by atoms with Crippen molar-refractivity contribution in [1.82, 2.24) is 15.1 Å². The third-order valence-electron chi connectivity index (χ3n) is 2.65. The SMILES string of the molecule is CNCc1cc(S(=O)(=O)Nc2cnn(C)c2)ccc1F. The maximum Gasteiger partial charge on any atom is 0.262 e. The van der Waals surface area contributed by atoms with Gasteiger partial charge in [-0.25, -0.2) is 12.8 Å². The molecule has 0 aliphatic heterocycles. The molecule has 0 unspecified atom stereocenters. The first-order valence-corrected chi connectivity index (χ1v) is 7.35. The van der Waals surface area contributed by atoms with Crippen LogP contribution >= 0.6 is 0 Å². The zero-order valence-electron chi connectivity index (χ0n) is 11.1. The number of hydrogen-bond donors (Lipinski definition) is 2. The number of sulfonamides is 1. The van der Waals surface area contributed by atoms with Crippen LogP contribution in [0.3, 0.4) is 0 Å². The Morgan fingerprint density at radius 3 is 2.75 bits per heavy atom.